The van der Waals surface area contributed by atoms with E-state index in [4.69, 9.17) is 17.4 Å². The van der Waals surface area contributed by atoms with E-state index < -0.39 is 0 Å². The molecule has 58 valence electrons. The minimum atomic E-state index is -0.104. The van der Waals surface area contributed by atoms with Crippen molar-refractivity contribution in [2.75, 3.05) is 5.43 Å². The van der Waals surface area contributed by atoms with E-state index in [1.54, 1.807) is 0 Å². The zero-order valence-electron chi connectivity index (χ0n) is 5.28. The highest BCUT2D eigenvalue weighted by Crippen LogP contribution is 2.26. The molecule has 1 rings (SSSR count). The van der Waals surface area contributed by atoms with Crippen molar-refractivity contribution in [2.24, 2.45) is 11.0 Å². The molecule has 0 aliphatic heterocycles. The van der Waals surface area contributed by atoms with Crippen molar-refractivity contribution < 1.29 is 0 Å². The van der Waals surface area contributed by atoms with Gasteiger partial charge >= 0.3 is 0 Å². The molecule has 1 aromatic rings. The third kappa shape index (κ3) is 1.41. The maximum absolute atomic E-state index is 10.0. The van der Waals surface area contributed by atoms with Crippen LogP contribution in [0.2, 0.25) is 5.15 Å². The Morgan fingerprint density at radius 2 is 2.36 bits per heavy atom. The Hall–Kier alpha value is -1.27. The maximum atomic E-state index is 10.0. The number of rotatable bonds is 2. The van der Waals surface area contributed by atoms with Crippen LogP contribution in [0, 0.1) is 4.91 Å². The van der Waals surface area contributed by atoms with E-state index in [0.717, 1.165) is 6.33 Å². The predicted molar refractivity (Wildman–Crippen MR) is 40.3 cm³/mol. The lowest BCUT2D eigenvalue weighted by atomic mass is 10.5. The van der Waals surface area contributed by atoms with Crippen LogP contribution in [0.15, 0.2) is 11.5 Å². The van der Waals surface area contributed by atoms with Gasteiger partial charge in [-0.05, 0) is 5.18 Å². The van der Waals surface area contributed by atoms with Crippen LogP contribution in [0.4, 0.5) is 11.5 Å². The summed E-state index contributed by atoms with van der Waals surface area (Å²) in [6.07, 6.45) is 1.12. The van der Waals surface area contributed by atoms with Crippen LogP contribution < -0.4 is 11.3 Å². The zero-order chi connectivity index (χ0) is 8.27. The van der Waals surface area contributed by atoms with Crippen molar-refractivity contribution >= 4 is 23.1 Å². The predicted octanol–water partition coefficient (Wildman–Crippen LogP) is 0.814. The first-order valence-electron chi connectivity index (χ1n) is 2.60. The van der Waals surface area contributed by atoms with E-state index in [2.05, 4.69) is 20.6 Å². The molecule has 0 aliphatic carbocycles. The van der Waals surface area contributed by atoms with Crippen LogP contribution in [-0.4, -0.2) is 9.97 Å². The molecule has 3 N–H and O–H groups in total. The quantitative estimate of drug-likeness (QED) is 0.299. The second-order valence-corrected chi connectivity index (χ2v) is 1.96. The van der Waals surface area contributed by atoms with Gasteiger partial charge in [0.05, 0.1) is 0 Å². The Labute approximate surface area is 66.7 Å². The van der Waals surface area contributed by atoms with E-state index in [1.807, 2.05) is 0 Å². The molecule has 0 spiro atoms. The van der Waals surface area contributed by atoms with Crippen molar-refractivity contribution in [2.45, 2.75) is 0 Å². The van der Waals surface area contributed by atoms with Crippen molar-refractivity contribution in [1.82, 2.24) is 9.97 Å². The molecule has 0 saturated carbocycles. The lowest BCUT2D eigenvalue weighted by Gasteiger charge is -2.00. The van der Waals surface area contributed by atoms with Crippen LogP contribution in [0.1, 0.15) is 0 Å². The standard InChI is InChI=1S/C4H4ClN5O/c5-3-2(9-6)4(10-11)8-1-7-3/h1,9H,6H2. The second kappa shape index (κ2) is 3.22. The van der Waals surface area contributed by atoms with Gasteiger partial charge in [0.2, 0.25) is 5.82 Å². The SMILES string of the molecule is NNc1c(Cl)ncnc1N=O. The van der Waals surface area contributed by atoms with E-state index in [1.165, 1.54) is 0 Å². The van der Waals surface area contributed by atoms with Gasteiger partial charge in [-0.3, -0.25) is 5.84 Å². The summed E-state index contributed by atoms with van der Waals surface area (Å²) in [4.78, 5) is 17.1. The number of nitrogens with zero attached hydrogens (tertiary/aromatic N) is 3. The van der Waals surface area contributed by atoms with Gasteiger partial charge in [0.15, 0.2) is 5.15 Å². The maximum Gasteiger partial charge on any atom is 0.225 e. The van der Waals surface area contributed by atoms with Gasteiger partial charge in [-0.25, -0.2) is 9.97 Å². The summed E-state index contributed by atoms with van der Waals surface area (Å²) in [7, 11) is 0. The first-order chi connectivity index (χ1) is 5.29. The summed E-state index contributed by atoms with van der Waals surface area (Å²) in [6.45, 7) is 0. The highest BCUT2D eigenvalue weighted by atomic mass is 35.5. The lowest BCUT2D eigenvalue weighted by Crippen LogP contribution is -2.08. The van der Waals surface area contributed by atoms with Crippen molar-refractivity contribution in [3.8, 4) is 0 Å². The molecule has 0 saturated heterocycles. The number of nitroso groups, excluding NO2 is 1. The smallest absolute Gasteiger partial charge is 0.225 e. The number of hydrogen-bond acceptors (Lipinski definition) is 6. The van der Waals surface area contributed by atoms with E-state index in [0.29, 0.717) is 0 Å². The number of hydrazine groups is 1. The van der Waals surface area contributed by atoms with Crippen LogP contribution in [0.3, 0.4) is 0 Å². The fourth-order valence-corrected chi connectivity index (χ4v) is 0.732. The molecular formula is C4H4ClN5O. The van der Waals surface area contributed by atoms with Crippen LogP contribution in [0.5, 0.6) is 0 Å². The summed E-state index contributed by atoms with van der Waals surface area (Å²) in [5.41, 5.74) is 2.29. The molecule has 0 unspecified atom stereocenters. The lowest BCUT2D eigenvalue weighted by molar-refractivity contribution is 1.13. The first kappa shape index (κ1) is 7.83. The number of halogens is 1. The van der Waals surface area contributed by atoms with Crippen molar-refractivity contribution in [3.05, 3.63) is 16.4 Å². The Bertz CT molecular complexity index is 277. The normalized spacial score (nSPS) is 9.27. The Balaban J connectivity index is 3.23. The Morgan fingerprint density at radius 1 is 1.64 bits per heavy atom. The summed E-state index contributed by atoms with van der Waals surface area (Å²) in [5.74, 6) is 4.91. The monoisotopic (exact) mass is 173 g/mol. The van der Waals surface area contributed by atoms with Gasteiger partial charge in [0.25, 0.3) is 0 Å². The number of nitrogen functional groups attached to an aromatic ring is 1. The van der Waals surface area contributed by atoms with Crippen LogP contribution in [0.25, 0.3) is 0 Å². The number of hydrogen-bond donors (Lipinski definition) is 2. The second-order valence-electron chi connectivity index (χ2n) is 1.60. The molecule has 0 aromatic carbocycles. The zero-order valence-corrected chi connectivity index (χ0v) is 6.04. The molecule has 0 bridgehead atoms. The van der Waals surface area contributed by atoms with Gasteiger partial charge in [-0.2, -0.15) is 0 Å². The molecule has 1 aromatic heterocycles. The number of anilines is 1. The highest BCUT2D eigenvalue weighted by Gasteiger charge is 2.07. The fraction of sp³-hybridized carbons (Fsp3) is 0. The summed E-state index contributed by atoms with van der Waals surface area (Å²) in [6, 6.07) is 0. The van der Waals surface area contributed by atoms with Gasteiger partial charge < -0.3 is 5.43 Å². The average Bonchev–Trinajstić information content (AvgIpc) is 2.04. The average molecular weight is 174 g/mol. The third-order valence-electron chi connectivity index (χ3n) is 1.01. The van der Waals surface area contributed by atoms with E-state index in [-0.39, 0.29) is 16.7 Å². The van der Waals surface area contributed by atoms with Crippen LogP contribution >= 0.6 is 11.6 Å². The molecular weight excluding hydrogens is 170 g/mol. The van der Waals surface area contributed by atoms with Gasteiger partial charge in [0.1, 0.15) is 12.0 Å². The van der Waals surface area contributed by atoms with E-state index in [9.17, 15) is 4.91 Å². The molecule has 6 nitrogen and oxygen atoms in total. The van der Waals surface area contributed by atoms with Crippen molar-refractivity contribution in [1.29, 1.82) is 0 Å². The minimum absolute atomic E-state index is 0.0668. The third-order valence-corrected chi connectivity index (χ3v) is 1.30. The largest absolute Gasteiger partial charge is 0.318 e. The first-order valence-corrected chi connectivity index (χ1v) is 2.98. The summed E-state index contributed by atoms with van der Waals surface area (Å²) < 4.78 is 0. The fourth-order valence-electron chi connectivity index (χ4n) is 0.549. The van der Waals surface area contributed by atoms with Crippen molar-refractivity contribution in [3.63, 3.8) is 0 Å². The molecule has 0 aliphatic rings. The van der Waals surface area contributed by atoms with Gasteiger partial charge in [0, 0.05) is 0 Å². The number of nitrogens with two attached hydrogens (primary N) is 1. The molecule has 0 fully saturated rings. The molecule has 0 amide bonds. The number of nitrogens with one attached hydrogen (secondary N) is 1. The molecule has 0 radical (unpaired) electrons. The number of aromatic nitrogens is 2. The van der Waals surface area contributed by atoms with Gasteiger partial charge in [-0.1, -0.05) is 11.6 Å². The highest BCUT2D eigenvalue weighted by molar-refractivity contribution is 6.32. The minimum Gasteiger partial charge on any atom is -0.318 e. The van der Waals surface area contributed by atoms with E-state index >= 15 is 0 Å². The topological polar surface area (TPSA) is 93.3 Å². The van der Waals surface area contributed by atoms with Gasteiger partial charge in [-0.15, -0.1) is 4.91 Å². The molecule has 1 heterocycles. The van der Waals surface area contributed by atoms with Crippen LogP contribution in [-0.2, 0) is 0 Å². The Morgan fingerprint density at radius 3 is 2.82 bits per heavy atom. The molecule has 11 heavy (non-hydrogen) atoms. The molecule has 7 heteroatoms. The molecule has 0 atom stereocenters. The Kier molecular flexibility index (Phi) is 2.29. The summed E-state index contributed by atoms with van der Waals surface area (Å²) in [5, 5.41) is 2.64. The summed E-state index contributed by atoms with van der Waals surface area (Å²) >= 11 is 5.52.